The van der Waals surface area contributed by atoms with Gasteiger partial charge >= 0.3 is 5.69 Å². The lowest BCUT2D eigenvalue weighted by molar-refractivity contribution is -0.133. The van der Waals surface area contributed by atoms with Gasteiger partial charge in [-0.15, -0.1) is 0 Å². The van der Waals surface area contributed by atoms with E-state index in [1.165, 1.54) is 19.3 Å². The van der Waals surface area contributed by atoms with Gasteiger partial charge in [0.1, 0.15) is 6.54 Å². The van der Waals surface area contributed by atoms with E-state index in [4.69, 9.17) is 4.74 Å². The molecule has 0 aliphatic carbocycles. The van der Waals surface area contributed by atoms with Gasteiger partial charge in [-0.1, -0.05) is 18.6 Å². The molecule has 0 bridgehead atoms. The lowest BCUT2D eigenvalue weighted by Crippen LogP contribution is -2.52. The highest BCUT2D eigenvalue weighted by Gasteiger charge is 2.34. The van der Waals surface area contributed by atoms with E-state index in [1.807, 2.05) is 4.90 Å². The van der Waals surface area contributed by atoms with Crippen LogP contribution in [0.15, 0.2) is 33.9 Å². The standard InChI is InChI=1S/C24H34N4O4/c1-32-15-7-14-27(16-18-8-6-13-26-12-5-4-11-21(18)26)22(29)17-28-23(30)19-9-2-3-10-20(19)25-24(28)31/h2-3,9-10,18,21H,4-8,11-17H2,1H3,(H,25,31). The van der Waals surface area contributed by atoms with Crippen molar-refractivity contribution in [2.24, 2.45) is 5.92 Å². The average Bonchev–Trinajstić information content (AvgIpc) is 2.81. The number of aromatic amines is 1. The van der Waals surface area contributed by atoms with Crippen molar-refractivity contribution in [3.05, 3.63) is 45.1 Å². The van der Waals surface area contributed by atoms with Crippen LogP contribution in [0.1, 0.15) is 38.5 Å². The van der Waals surface area contributed by atoms with Crippen LogP contribution in [-0.2, 0) is 16.1 Å². The molecule has 1 N–H and O–H groups in total. The van der Waals surface area contributed by atoms with Crippen LogP contribution in [0.2, 0.25) is 0 Å². The van der Waals surface area contributed by atoms with Gasteiger partial charge in [-0.2, -0.15) is 0 Å². The van der Waals surface area contributed by atoms with E-state index in [1.54, 1.807) is 31.4 Å². The molecular formula is C24H34N4O4. The van der Waals surface area contributed by atoms with E-state index in [-0.39, 0.29) is 12.5 Å². The number of nitrogens with zero attached hydrogens (tertiary/aromatic N) is 3. The van der Waals surface area contributed by atoms with E-state index in [2.05, 4.69) is 9.88 Å². The summed E-state index contributed by atoms with van der Waals surface area (Å²) in [6.45, 7) is 3.87. The van der Waals surface area contributed by atoms with Crippen molar-refractivity contribution in [3.8, 4) is 0 Å². The number of H-pyrrole nitrogens is 1. The molecule has 2 saturated heterocycles. The number of nitrogens with one attached hydrogen (secondary N) is 1. The van der Waals surface area contributed by atoms with Crippen LogP contribution in [0.3, 0.4) is 0 Å². The van der Waals surface area contributed by atoms with Gasteiger partial charge < -0.3 is 19.5 Å². The molecule has 2 aromatic rings. The number of methoxy groups -OCH3 is 1. The molecule has 0 radical (unpaired) electrons. The summed E-state index contributed by atoms with van der Waals surface area (Å²) in [5, 5.41) is 0.413. The molecule has 2 atom stereocenters. The largest absolute Gasteiger partial charge is 0.385 e. The summed E-state index contributed by atoms with van der Waals surface area (Å²) < 4.78 is 6.23. The second-order valence-electron chi connectivity index (χ2n) is 9.05. The molecule has 32 heavy (non-hydrogen) atoms. The van der Waals surface area contributed by atoms with Crippen molar-refractivity contribution in [1.82, 2.24) is 19.4 Å². The molecule has 4 rings (SSSR count). The molecule has 2 fully saturated rings. The number of piperidine rings is 2. The van der Waals surface area contributed by atoms with Gasteiger partial charge in [0.15, 0.2) is 0 Å². The van der Waals surface area contributed by atoms with Gasteiger partial charge in [0.05, 0.1) is 10.9 Å². The van der Waals surface area contributed by atoms with E-state index >= 15 is 0 Å². The molecular weight excluding hydrogens is 408 g/mol. The average molecular weight is 443 g/mol. The topological polar surface area (TPSA) is 87.6 Å². The molecule has 2 aliphatic rings. The van der Waals surface area contributed by atoms with Crippen LogP contribution in [0.4, 0.5) is 0 Å². The first-order chi connectivity index (χ1) is 15.6. The molecule has 1 aromatic carbocycles. The molecule has 2 aliphatic heterocycles. The third kappa shape index (κ3) is 4.96. The zero-order chi connectivity index (χ0) is 22.5. The Hall–Kier alpha value is -2.45. The molecule has 2 unspecified atom stereocenters. The minimum Gasteiger partial charge on any atom is -0.385 e. The highest BCUT2D eigenvalue weighted by Crippen LogP contribution is 2.31. The number of carbonyl (C=O) groups is 1. The molecule has 1 amide bonds. The maximum atomic E-state index is 13.3. The van der Waals surface area contributed by atoms with Crippen molar-refractivity contribution < 1.29 is 9.53 Å². The van der Waals surface area contributed by atoms with Crippen LogP contribution in [0.5, 0.6) is 0 Å². The molecule has 0 spiro atoms. The monoisotopic (exact) mass is 442 g/mol. The number of fused-ring (bicyclic) bond motifs is 2. The van der Waals surface area contributed by atoms with E-state index in [0.717, 1.165) is 36.9 Å². The highest BCUT2D eigenvalue weighted by atomic mass is 16.5. The first-order valence-corrected chi connectivity index (χ1v) is 11.8. The summed E-state index contributed by atoms with van der Waals surface area (Å²) >= 11 is 0. The van der Waals surface area contributed by atoms with E-state index in [0.29, 0.717) is 42.6 Å². The van der Waals surface area contributed by atoms with Crippen LogP contribution < -0.4 is 11.2 Å². The Balaban J connectivity index is 1.54. The Morgan fingerprint density at radius 3 is 2.81 bits per heavy atom. The first kappa shape index (κ1) is 22.7. The Kier molecular flexibility index (Phi) is 7.42. The Morgan fingerprint density at radius 1 is 1.16 bits per heavy atom. The SMILES string of the molecule is COCCCN(CC1CCCN2CCCCC12)C(=O)Cn1c(=O)[nH]c2ccccc2c1=O. The van der Waals surface area contributed by atoms with Gasteiger partial charge in [0.2, 0.25) is 5.91 Å². The second-order valence-corrected chi connectivity index (χ2v) is 9.05. The first-order valence-electron chi connectivity index (χ1n) is 11.8. The number of ether oxygens (including phenoxy) is 1. The Morgan fingerprint density at radius 2 is 1.97 bits per heavy atom. The van der Waals surface area contributed by atoms with Gasteiger partial charge in [-0.3, -0.25) is 14.2 Å². The lowest BCUT2D eigenvalue weighted by atomic mass is 9.83. The number of hydrogen-bond donors (Lipinski definition) is 1. The summed E-state index contributed by atoms with van der Waals surface area (Å²) in [6.07, 6.45) is 6.70. The molecule has 174 valence electrons. The van der Waals surface area contributed by atoms with E-state index in [9.17, 15) is 14.4 Å². The maximum Gasteiger partial charge on any atom is 0.329 e. The van der Waals surface area contributed by atoms with E-state index < -0.39 is 11.2 Å². The number of carbonyl (C=O) groups excluding carboxylic acids is 1. The van der Waals surface area contributed by atoms with Crippen molar-refractivity contribution in [1.29, 1.82) is 0 Å². The van der Waals surface area contributed by atoms with Crippen molar-refractivity contribution in [3.63, 3.8) is 0 Å². The number of para-hydroxylation sites is 1. The molecule has 8 nitrogen and oxygen atoms in total. The Labute approximate surface area is 188 Å². The van der Waals surface area contributed by atoms with Crippen LogP contribution in [-0.4, -0.2) is 71.2 Å². The Bertz CT molecular complexity index is 1040. The summed E-state index contributed by atoms with van der Waals surface area (Å²) in [4.78, 5) is 46.0. The molecule has 3 heterocycles. The van der Waals surface area contributed by atoms with Crippen LogP contribution in [0, 0.1) is 5.92 Å². The number of benzene rings is 1. The zero-order valence-corrected chi connectivity index (χ0v) is 18.9. The quantitative estimate of drug-likeness (QED) is 0.630. The van der Waals surface area contributed by atoms with Crippen molar-refractivity contribution >= 4 is 16.8 Å². The second kappa shape index (κ2) is 10.4. The highest BCUT2D eigenvalue weighted by molar-refractivity contribution is 5.79. The van der Waals surface area contributed by atoms with Gasteiger partial charge in [-0.05, 0) is 63.2 Å². The zero-order valence-electron chi connectivity index (χ0n) is 18.9. The number of hydrogen-bond acceptors (Lipinski definition) is 5. The molecule has 8 heteroatoms. The summed E-state index contributed by atoms with van der Waals surface area (Å²) in [7, 11) is 1.65. The summed E-state index contributed by atoms with van der Waals surface area (Å²) in [5.74, 6) is 0.249. The fraction of sp³-hybridized carbons (Fsp3) is 0.625. The minimum atomic E-state index is -0.546. The van der Waals surface area contributed by atoms with Gasteiger partial charge in [0.25, 0.3) is 5.56 Å². The summed E-state index contributed by atoms with van der Waals surface area (Å²) in [5.41, 5.74) is -0.483. The lowest BCUT2D eigenvalue weighted by Gasteiger charge is -2.45. The van der Waals surface area contributed by atoms with Crippen LogP contribution >= 0.6 is 0 Å². The fourth-order valence-electron chi connectivity index (χ4n) is 5.37. The number of aromatic nitrogens is 2. The summed E-state index contributed by atoms with van der Waals surface area (Å²) in [6, 6.07) is 7.42. The third-order valence-corrected chi connectivity index (χ3v) is 7.00. The smallest absolute Gasteiger partial charge is 0.329 e. The maximum absolute atomic E-state index is 13.3. The number of rotatable bonds is 8. The third-order valence-electron chi connectivity index (χ3n) is 7.00. The molecule has 0 saturated carbocycles. The number of amides is 1. The predicted molar refractivity (Wildman–Crippen MR) is 124 cm³/mol. The predicted octanol–water partition coefficient (Wildman–Crippen LogP) is 1.82. The molecule has 1 aromatic heterocycles. The van der Waals surface area contributed by atoms with Crippen molar-refractivity contribution in [2.75, 3.05) is 39.9 Å². The van der Waals surface area contributed by atoms with Crippen molar-refractivity contribution in [2.45, 2.75) is 51.1 Å². The fourth-order valence-corrected chi connectivity index (χ4v) is 5.37. The normalized spacial score (nSPS) is 21.4. The minimum absolute atomic E-state index is 0.183. The van der Waals surface area contributed by atoms with Gasteiger partial charge in [-0.25, -0.2) is 4.79 Å². The van der Waals surface area contributed by atoms with Gasteiger partial charge in [0, 0.05) is 32.8 Å². The van der Waals surface area contributed by atoms with Crippen LogP contribution in [0.25, 0.3) is 10.9 Å².